The molecule has 1 heterocycles. The number of aromatic nitrogens is 3. The fourth-order valence-electron chi connectivity index (χ4n) is 3.87. The lowest BCUT2D eigenvalue weighted by molar-refractivity contribution is -0.122. The van der Waals surface area contributed by atoms with Gasteiger partial charge in [-0.1, -0.05) is 23.2 Å². The van der Waals surface area contributed by atoms with Gasteiger partial charge in [0.05, 0.1) is 28.5 Å². The van der Waals surface area contributed by atoms with Gasteiger partial charge in [-0.2, -0.15) is 9.78 Å². The molecule has 0 saturated heterocycles. The molecule has 2 aromatic carbocycles. The number of benzene rings is 2. The third-order valence-corrected chi connectivity index (χ3v) is 7.31. The molecule has 17 heteroatoms. The monoisotopic (exact) mass is 605 g/mol. The van der Waals surface area contributed by atoms with Crippen molar-refractivity contribution >= 4 is 45.7 Å². The molecule has 1 fully saturated rings. The van der Waals surface area contributed by atoms with Gasteiger partial charge in [-0.05, 0) is 37.1 Å². The van der Waals surface area contributed by atoms with Gasteiger partial charge in [-0.25, -0.2) is 22.0 Å². The van der Waals surface area contributed by atoms with Crippen LogP contribution in [0.15, 0.2) is 39.9 Å². The second-order valence-corrected chi connectivity index (χ2v) is 9.88. The first-order chi connectivity index (χ1) is 18.4. The van der Waals surface area contributed by atoms with Crippen molar-refractivity contribution in [1.29, 1.82) is 0 Å². The molecule has 4 rings (SSSR count). The molecular formula is C22H19Cl2F2N5O7S. The standard InChI is InChI=1S/C22H19Cl2F2N5O7S/c1-27-20(33)22(5-6-22)31(39(35)36)14-9-11(3-4-15(14)37-2)38-17-12(23)7-10(8-13(17)24)30-21(34)28-19(32)16(29-30)18(25)26/h3-4,7-9,18,39H,5-6H2,1-2H3,(H,27,33)(H,28,32,34). The summed E-state index contributed by atoms with van der Waals surface area (Å²) in [6.45, 7) is 0. The van der Waals surface area contributed by atoms with E-state index in [9.17, 15) is 31.6 Å². The number of thiol groups is 1. The summed E-state index contributed by atoms with van der Waals surface area (Å²) in [6.07, 6.45) is -2.68. The molecule has 0 aliphatic heterocycles. The normalized spacial score (nSPS) is 13.8. The second kappa shape index (κ2) is 10.8. The Morgan fingerprint density at radius 3 is 2.36 bits per heavy atom. The van der Waals surface area contributed by atoms with Gasteiger partial charge in [0.1, 0.15) is 17.0 Å². The summed E-state index contributed by atoms with van der Waals surface area (Å²) in [7, 11) is -0.562. The number of nitrogens with zero attached hydrogens (tertiary/aromatic N) is 3. The van der Waals surface area contributed by atoms with Crippen molar-refractivity contribution in [1.82, 2.24) is 20.1 Å². The van der Waals surface area contributed by atoms with Gasteiger partial charge >= 0.3 is 5.69 Å². The molecule has 1 amide bonds. The Morgan fingerprint density at radius 1 is 1.21 bits per heavy atom. The summed E-state index contributed by atoms with van der Waals surface area (Å²) >= 11 is 12.6. The van der Waals surface area contributed by atoms with Crippen molar-refractivity contribution in [3.63, 3.8) is 0 Å². The van der Waals surface area contributed by atoms with Crippen molar-refractivity contribution in [3.8, 4) is 22.9 Å². The Balaban J connectivity index is 1.75. The molecule has 1 aliphatic rings. The van der Waals surface area contributed by atoms with Crippen LogP contribution in [0.2, 0.25) is 10.0 Å². The molecule has 12 nitrogen and oxygen atoms in total. The topological polar surface area (TPSA) is 153 Å². The SMILES string of the molecule is CNC(=O)C1(N(c2cc(Oc3c(Cl)cc(-n4nc(C(F)F)c(=O)[nH]c4=O)cc3Cl)ccc2OC)[SH](=O)=O)CC1. The Bertz CT molecular complexity index is 1630. The number of methoxy groups -OCH3 is 1. The Morgan fingerprint density at radius 2 is 1.85 bits per heavy atom. The number of hydrogen-bond acceptors (Lipinski definition) is 8. The summed E-state index contributed by atoms with van der Waals surface area (Å²) in [6, 6.07) is 6.45. The van der Waals surface area contributed by atoms with E-state index in [1.165, 1.54) is 32.4 Å². The summed E-state index contributed by atoms with van der Waals surface area (Å²) in [4.78, 5) is 38.0. The van der Waals surface area contributed by atoms with E-state index in [0.717, 1.165) is 16.4 Å². The van der Waals surface area contributed by atoms with Gasteiger partial charge in [0.25, 0.3) is 12.0 Å². The third kappa shape index (κ3) is 5.29. The molecule has 39 heavy (non-hydrogen) atoms. The number of ether oxygens (including phenoxy) is 2. The lowest BCUT2D eigenvalue weighted by Gasteiger charge is -2.28. The Hall–Kier alpha value is -3.69. The van der Waals surface area contributed by atoms with E-state index in [4.69, 9.17) is 32.7 Å². The van der Waals surface area contributed by atoms with Crippen LogP contribution >= 0.6 is 23.2 Å². The minimum atomic E-state index is -3.29. The van der Waals surface area contributed by atoms with Crippen LogP contribution in [-0.4, -0.2) is 48.8 Å². The van der Waals surface area contributed by atoms with Crippen molar-refractivity contribution in [3.05, 3.63) is 66.9 Å². The zero-order valence-corrected chi connectivity index (χ0v) is 22.4. The zero-order valence-electron chi connectivity index (χ0n) is 20.0. The molecular weight excluding hydrogens is 587 g/mol. The minimum Gasteiger partial charge on any atom is -0.495 e. The minimum absolute atomic E-state index is 0.0274. The Labute approximate surface area is 230 Å². The molecule has 1 saturated carbocycles. The lowest BCUT2D eigenvalue weighted by atomic mass is 10.2. The highest BCUT2D eigenvalue weighted by Gasteiger charge is 2.56. The number of carbonyl (C=O) groups is 1. The van der Waals surface area contributed by atoms with E-state index < -0.39 is 45.7 Å². The van der Waals surface area contributed by atoms with E-state index in [2.05, 4.69) is 10.4 Å². The highest BCUT2D eigenvalue weighted by molar-refractivity contribution is 7.74. The predicted molar refractivity (Wildman–Crippen MR) is 137 cm³/mol. The number of H-pyrrole nitrogens is 1. The molecule has 3 aromatic rings. The van der Waals surface area contributed by atoms with Gasteiger partial charge in [-0.3, -0.25) is 18.9 Å². The van der Waals surface area contributed by atoms with Crippen LogP contribution in [0.5, 0.6) is 17.2 Å². The van der Waals surface area contributed by atoms with E-state index in [1.807, 2.05) is 0 Å². The van der Waals surface area contributed by atoms with E-state index in [-0.39, 0.29) is 51.5 Å². The highest BCUT2D eigenvalue weighted by atomic mass is 35.5. The summed E-state index contributed by atoms with van der Waals surface area (Å²) in [5.74, 6) is -0.424. The van der Waals surface area contributed by atoms with Gasteiger partial charge in [0.2, 0.25) is 16.8 Å². The van der Waals surface area contributed by atoms with Crippen LogP contribution in [0.3, 0.4) is 0 Å². The number of rotatable bonds is 9. The number of anilines is 1. The van der Waals surface area contributed by atoms with Crippen molar-refractivity contribution in [2.24, 2.45) is 0 Å². The van der Waals surface area contributed by atoms with E-state index in [1.54, 1.807) is 4.98 Å². The van der Waals surface area contributed by atoms with E-state index in [0.29, 0.717) is 4.68 Å². The van der Waals surface area contributed by atoms with Gasteiger partial charge in [0.15, 0.2) is 11.4 Å². The van der Waals surface area contributed by atoms with Crippen LogP contribution in [-0.2, 0) is 15.7 Å². The number of nitrogens with one attached hydrogen (secondary N) is 2. The average molecular weight is 606 g/mol. The number of hydrogen-bond donors (Lipinski definition) is 3. The number of halogens is 4. The quantitative estimate of drug-likeness (QED) is 0.315. The Kier molecular flexibility index (Phi) is 7.86. The fraction of sp³-hybridized carbons (Fsp3) is 0.273. The molecule has 0 unspecified atom stereocenters. The second-order valence-electron chi connectivity index (χ2n) is 8.19. The molecule has 0 spiro atoms. The molecule has 208 valence electrons. The van der Waals surface area contributed by atoms with Crippen molar-refractivity contribution in [2.45, 2.75) is 24.8 Å². The molecule has 0 bridgehead atoms. The maximum Gasteiger partial charge on any atom is 0.349 e. The maximum atomic E-state index is 13.1. The van der Waals surface area contributed by atoms with E-state index >= 15 is 0 Å². The summed E-state index contributed by atoms with van der Waals surface area (Å²) in [5, 5.41) is 5.51. The van der Waals surface area contributed by atoms with Crippen LogP contribution < -0.4 is 30.3 Å². The first-order valence-corrected chi connectivity index (χ1v) is 12.9. The molecule has 1 aromatic heterocycles. The molecule has 2 N–H and O–H groups in total. The van der Waals surface area contributed by atoms with Crippen LogP contribution in [0.25, 0.3) is 5.69 Å². The number of alkyl halides is 2. The largest absolute Gasteiger partial charge is 0.495 e. The number of carbonyl (C=O) groups excluding carboxylic acids is 1. The zero-order chi connectivity index (χ0) is 28.6. The van der Waals surface area contributed by atoms with Gasteiger partial charge in [0, 0.05) is 13.1 Å². The third-order valence-electron chi connectivity index (χ3n) is 5.83. The molecule has 0 radical (unpaired) electrons. The van der Waals surface area contributed by atoms with Crippen molar-refractivity contribution in [2.75, 3.05) is 18.5 Å². The number of aromatic amines is 1. The average Bonchev–Trinajstić information content (AvgIpc) is 3.67. The predicted octanol–water partition coefficient (Wildman–Crippen LogP) is 2.58. The first kappa shape index (κ1) is 28.3. The smallest absolute Gasteiger partial charge is 0.349 e. The summed E-state index contributed by atoms with van der Waals surface area (Å²) < 4.78 is 63.3. The summed E-state index contributed by atoms with van der Waals surface area (Å²) in [5.41, 5.74) is -5.06. The van der Waals surface area contributed by atoms with Crippen LogP contribution in [0.4, 0.5) is 14.5 Å². The van der Waals surface area contributed by atoms with Crippen LogP contribution in [0.1, 0.15) is 25.0 Å². The van der Waals surface area contributed by atoms with Crippen molar-refractivity contribution < 1.29 is 31.5 Å². The highest BCUT2D eigenvalue weighted by Crippen LogP contribution is 2.48. The first-order valence-electron chi connectivity index (χ1n) is 11.0. The fourth-order valence-corrected chi connectivity index (χ4v) is 5.36. The number of amides is 1. The lowest BCUT2D eigenvalue weighted by Crippen LogP contribution is -2.48. The van der Waals surface area contributed by atoms with Gasteiger partial charge in [-0.15, -0.1) is 0 Å². The molecule has 0 atom stereocenters. The van der Waals surface area contributed by atoms with Gasteiger partial charge < -0.3 is 14.8 Å². The molecule has 1 aliphatic carbocycles. The van der Waals surface area contributed by atoms with Crippen LogP contribution in [0, 0.1) is 0 Å². The maximum absolute atomic E-state index is 13.1. The number of likely N-dealkylation sites (N-methyl/N-ethyl adjacent to an activating group) is 1.